The zero-order valence-corrected chi connectivity index (χ0v) is 17.0. The van der Waals surface area contributed by atoms with E-state index in [4.69, 9.17) is 4.52 Å². The van der Waals surface area contributed by atoms with Crippen molar-refractivity contribution < 1.29 is 13.7 Å². The van der Waals surface area contributed by atoms with Gasteiger partial charge < -0.3 is 9.42 Å². The molecule has 1 aromatic carbocycles. The van der Waals surface area contributed by atoms with E-state index in [0.717, 1.165) is 41.8 Å². The fraction of sp³-hybridized carbons (Fsp3) is 0.409. The van der Waals surface area contributed by atoms with Crippen molar-refractivity contribution in [2.45, 2.75) is 45.6 Å². The van der Waals surface area contributed by atoms with Gasteiger partial charge in [-0.3, -0.25) is 9.48 Å². The molecule has 0 aliphatic carbocycles. The average Bonchev–Trinajstić information content (AvgIpc) is 3.25. The van der Waals surface area contributed by atoms with Gasteiger partial charge in [0.1, 0.15) is 5.82 Å². The minimum atomic E-state index is -0.344. The second-order valence-electron chi connectivity index (χ2n) is 7.66. The van der Waals surface area contributed by atoms with Crippen LogP contribution in [-0.4, -0.2) is 32.3 Å². The molecule has 1 fully saturated rings. The summed E-state index contributed by atoms with van der Waals surface area (Å²) < 4.78 is 21.5. The summed E-state index contributed by atoms with van der Waals surface area (Å²) in [6.45, 7) is 4.53. The Hall–Kier alpha value is -2.96. The van der Waals surface area contributed by atoms with Crippen LogP contribution >= 0.6 is 0 Å². The lowest BCUT2D eigenvalue weighted by molar-refractivity contribution is -0.134. The van der Waals surface area contributed by atoms with Gasteiger partial charge in [-0.15, -0.1) is 0 Å². The Labute approximate surface area is 169 Å². The maximum atomic E-state index is 14.1. The number of aromatic nitrogens is 3. The van der Waals surface area contributed by atoms with Crippen LogP contribution in [0.25, 0.3) is 11.3 Å². The maximum Gasteiger partial charge on any atom is 0.227 e. The summed E-state index contributed by atoms with van der Waals surface area (Å²) in [7, 11) is 1.88. The van der Waals surface area contributed by atoms with E-state index in [1.807, 2.05) is 30.5 Å². The largest absolute Gasteiger partial charge is 0.356 e. The number of hydrogen-bond donors (Lipinski definition) is 0. The van der Waals surface area contributed by atoms with Crippen LogP contribution in [0.5, 0.6) is 0 Å². The van der Waals surface area contributed by atoms with E-state index in [9.17, 15) is 9.18 Å². The minimum Gasteiger partial charge on any atom is -0.356 e. The lowest BCUT2D eigenvalue weighted by Gasteiger charge is -2.36. The van der Waals surface area contributed by atoms with E-state index in [1.54, 1.807) is 24.4 Å². The van der Waals surface area contributed by atoms with E-state index in [2.05, 4.69) is 10.3 Å². The van der Waals surface area contributed by atoms with Crippen molar-refractivity contribution in [3.05, 3.63) is 58.8 Å². The SMILES string of the molecule is Cc1noc(-c2cnn(C)c2[C@H]2CCCCN2C(=O)Cc2ccccc2F)c1C. The molecular weight excluding hydrogens is 371 g/mol. The number of benzene rings is 1. The van der Waals surface area contributed by atoms with Gasteiger partial charge in [0, 0.05) is 19.2 Å². The quantitative estimate of drug-likeness (QED) is 0.665. The Morgan fingerprint density at radius 3 is 2.79 bits per heavy atom. The summed E-state index contributed by atoms with van der Waals surface area (Å²) in [5, 5.41) is 8.51. The van der Waals surface area contributed by atoms with Gasteiger partial charge in [-0.2, -0.15) is 5.10 Å². The highest BCUT2D eigenvalue weighted by atomic mass is 19.1. The molecule has 29 heavy (non-hydrogen) atoms. The molecule has 6 nitrogen and oxygen atoms in total. The molecule has 7 heteroatoms. The van der Waals surface area contributed by atoms with Gasteiger partial charge in [0.2, 0.25) is 5.91 Å². The summed E-state index contributed by atoms with van der Waals surface area (Å²) in [6.07, 6.45) is 4.62. The molecule has 3 aromatic rings. The van der Waals surface area contributed by atoms with Crippen LogP contribution in [-0.2, 0) is 18.3 Å². The van der Waals surface area contributed by atoms with Gasteiger partial charge in [-0.25, -0.2) is 4.39 Å². The molecule has 1 amide bonds. The predicted molar refractivity (Wildman–Crippen MR) is 107 cm³/mol. The summed E-state index contributed by atoms with van der Waals surface area (Å²) in [4.78, 5) is 15.0. The molecule has 152 valence electrons. The molecule has 0 N–H and O–H groups in total. The van der Waals surface area contributed by atoms with Gasteiger partial charge in [-0.1, -0.05) is 23.4 Å². The first-order chi connectivity index (χ1) is 14.0. The van der Waals surface area contributed by atoms with Crippen molar-refractivity contribution >= 4 is 5.91 Å². The van der Waals surface area contributed by atoms with Crippen molar-refractivity contribution in [3.8, 4) is 11.3 Å². The average molecular weight is 396 g/mol. The summed E-state index contributed by atoms with van der Waals surface area (Å²) in [5.41, 5.74) is 4.03. The highest BCUT2D eigenvalue weighted by Gasteiger charge is 2.33. The second-order valence-corrected chi connectivity index (χ2v) is 7.66. The molecular formula is C22H25FN4O2. The molecule has 0 saturated carbocycles. The van der Waals surface area contributed by atoms with Gasteiger partial charge in [-0.05, 0) is 44.7 Å². The Morgan fingerprint density at radius 1 is 1.28 bits per heavy atom. The normalized spacial score (nSPS) is 17.0. The summed E-state index contributed by atoms with van der Waals surface area (Å²) in [5.74, 6) is 0.276. The highest BCUT2D eigenvalue weighted by molar-refractivity contribution is 5.80. The van der Waals surface area contributed by atoms with Gasteiger partial charge in [0.15, 0.2) is 5.76 Å². The number of aryl methyl sites for hydroxylation is 2. The molecule has 2 aromatic heterocycles. The molecule has 1 aliphatic heterocycles. The van der Waals surface area contributed by atoms with Gasteiger partial charge in [0.05, 0.1) is 35.6 Å². The Bertz CT molecular complexity index is 1040. The lowest BCUT2D eigenvalue weighted by Crippen LogP contribution is -2.40. The van der Waals surface area contributed by atoms with Crippen LogP contribution in [0.15, 0.2) is 35.0 Å². The van der Waals surface area contributed by atoms with E-state index in [1.165, 1.54) is 6.07 Å². The minimum absolute atomic E-state index is 0.0524. The number of hydrogen-bond acceptors (Lipinski definition) is 4. The molecule has 1 saturated heterocycles. The third-order valence-corrected chi connectivity index (χ3v) is 5.82. The van der Waals surface area contributed by atoms with Crippen LogP contribution in [0.2, 0.25) is 0 Å². The number of halogens is 1. The van der Waals surface area contributed by atoms with Crippen LogP contribution < -0.4 is 0 Å². The van der Waals surface area contributed by atoms with E-state index < -0.39 is 0 Å². The Kier molecular flexibility index (Phi) is 5.22. The van der Waals surface area contributed by atoms with Crippen LogP contribution in [0.1, 0.15) is 47.8 Å². The number of rotatable bonds is 4. The smallest absolute Gasteiger partial charge is 0.227 e. The maximum absolute atomic E-state index is 14.1. The first kappa shape index (κ1) is 19.4. The lowest BCUT2D eigenvalue weighted by atomic mass is 9.94. The molecule has 0 unspecified atom stereocenters. The van der Waals surface area contributed by atoms with Crippen molar-refractivity contribution in [2.75, 3.05) is 6.54 Å². The van der Waals surface area contributed by atoms with Crippen LogP contribution in [0.3, 0.4) is 0 Å². The fourth-order valence-corrected chi connectivity index (χ4v) is 4.10. The number of amides is 1. The third kappa shape index (κ3) is 3.57. The van der Waals surface area contributed by atoms with Crippen LogP contribution in [0.4, 0.5) is 4.39 Å². The van der Waals surface area contributed by atoms with Crippen molar-refractivity contribution in [1.82, 2.24) is 19.8 Å². The molecule has 4 rings (SSSR count). The van der Waals surface area contributed by atoms with Crippen molar-refractivity contribution in [2.24, 2.45) is 7.05 Å². The summed E-state index contributed by atoms with van der Waals surface area (Å²) >= 11 is 0. The predicted octanol–water partition coefficient (Wildman–Crippen LogP) is 4.13. The molecule has 0 spiro atoms. The van der Waals surface area contributed by atoms with Crippen LogP contribution in [0, 0.1) is 19.7 Å². The monoisotopic (exact) mass is 396 g/mol. The number of carbonyl (C=O) groups is 1. The Balaban J connectivity index is 1.68. The van der Waals surface area contributed by atoms with E-state index >= 15 is 0 Å². The van der Waals surface area contributed by atoms with E-state index in [-0.39, 0.29) is 24.2 Å². The highest BCUT2D eigenvalue weighted by Crippen LogP contribution is 2.38. The molecule has 1 atom stereocenters. The first-order valence-electron chi connectivity index (χ1n) is 9.95. The number of nitrogens with zero attached hydrogens (tertiary/aromatic N) is 4. The third-order valence-electron chi connectivity index (χ3n) is 5.82. The number of piperidine rings is 1. The van der Waals surface area contributed by atoms with Gasteiger partial charge in [0.25, 0.3) is 0 Å². The van der Waals surface area contributed by atoms with Crippen molar-refractivity contribution in [1.29, 1.82) is 0 Å². The zero-order valence-electron chi connectivity index (χ0n) is 17.0. The molecule has 1 aliphatic rings. The van der Waals surface area contributed by atoms with Crippen molar-refractivity contribution in [3.63, 3.8) is 0 Å². The molecule has 3 heterocycles. The fourth-order valence-electron chi connectivity index (χ4n) is 4.10. The molecule has 0 radical (unpaired) electrons. The second kappa shape index (κ2) is 7.81. The topological polar surface area (TPSA) is 64.2 Å². The van der Waals surface area contributed by atoms with Gasteiger partial charge >= 0.3 is 0 Å². The Morgan fingerprint density at radius 2 is 2.07 bits per heavy atom. The number of carbonyl (C=O) groups excluding carboxylic acids is 1. The standard InChI is InChI=1S/C22H25FN4O2/c1-14-15(2)25-29-22(14)17-13-24-26(3)21(17)19-10-6-7-11-27(19)20(28)12-16-8-4-5-9-18(16)23/h4-5,8-9,13,19H,6-7,10-12H2,1-3H3/t19-/m1/s1. The first-order valence-corrected chi connectivity index (χ1v) is 9.95. The molecule has 0 bridgehead atoms. The summed E-state index contributed by atoms with van der Waals surface area (Å²) in [6, 6.07) is 6.33. The zero-order chi connectivity index (χ0) is 20.5. The number of likely N-dealkylation sites (tertiary alicyclic amines) is 1. The van der Waals surface area contributed by atoms with E-state index in [0.29, 0.717) is 17.9 Å².